The molecule has 25 heavy (non-hydrogen) atoms. The molecule has 1 aliphatic rings. The van der Waals surface area contributed by atoms with Gasteiger partial charge in [-0.05, 0) is 31.0 Å². The third-order valence-electron chi connectivity index (χ3n) is 4.67. The van der Waals surface area contributed by atoms with Crippen molar-refractivity contribution in [1.82, 2.24) is 24.5 Å². The normalized spacial score (nSPS) is 14.0. The number of fused-ring (bicyclic) bond motifs is 1. The van der Waals surface area contributed by atoms with Crippen LogP contribution < -0.4 is 4.90 Å². The molecule has 1 aliphatic heterocycles. The van der Waals surface area contributed by atoms with E-state index >= 15 is 0 Å². The molecule has 0 saturated carbocycles. The molecule has 0 unspecified atom stereocenters. The lowest BCUT2D eigenvalue weighted by atomic mass is 10.00. The number of aryl methyl sites for hydroxylation is 1. The number of imidazole rings is 1. The first-order valence-electron chi connectivity index (χ1n) is 8.68. The van der Waals surface area contributed by atoms with E-state index in [4.69, 9.17) is 4.98 Å². The first kappa shape index (κ1) is 15.7. The molecule has 6 nitrogen and oxygen atoms in total. The summed E-state index contributed by atoms with van der Waals surface area (Å²) in [6, 6.07) is 5.96. The number of rotatable bonds is 3. The Balaban J connectivity index is 1.79. The van der Waals surface area contributed by atoms with Crippen molar-refractivity contribution in [3.63, 3.8) is 0 Å². The lowest BCUT2D eigenvalue weighted by Gasteiger charge is -2.29. The van der Waals surface area contributed by atoms with Crippen LogP contribution in [0.15, 0.2) is 36.8 Å². The maximum absolute atomic E-state index is 4.89. The Bertz CT molecular complexity index is 884. The summed E-state index contributed by atoms with van der Waals surface area (Å²) in [6.45, 7) is 8.96. The largest absolute Gasteiger partial charge is 0.333 e. The molecule has 0 spiro atoms. The summed E-state index contributed by atoms with van der Waals surface area (Å²) in [6.07, 6.45) is 5.44. The standard InChI is InChI=1S/C19H22N6/c1-13(2)17-15(6-4-7-20-17)18-16-12-24(19-21-8-5-9-22-19)10-11-25(16)14(3)23-18/h4-9,13H,10-12H2,1-3H3. The van der Waals surface area contributed by atoms with Crippen LogP contribution in [0.3, 0.4) is 0 Å². The van der Waals surface area contributed by atoms with Gasteiger partial charge in [0.25, 0.3) is 0 Å². The zero-order valence-corrected chi connectivity index (χ0v) is 14.8. The summed E-state index contributed by atoms with van der Waals surface area (Å²) in [5.74, 6) is 2.18. The van der Waals surface area contributed by atoms with Gasteiger partial charge in [0.15, 0.2) is 0 Å². The minimum Gasteiger partial charge on any atom is -0.333 e. The van der Waals surface area contributed by atoms with Gasteiger partial charge in [-0.2, -0.15) is 0 Å². The SMILES string of the molecule is Cc1nc(-c2cccnc2C(C)C)c2n1CCN(c1ncccn1)C2. The minimum atomic E-state index is 0.353. The maximum atomic E-state index is 4.89. The Kier molecular flexibility index (Phi) is 3.95. The van der Waals surface area contributed by atoms with Crippen molar-refractivity contribution in [2.24, 2.45) is 0 Å². The Morgan fingerprint density at radius 1 is 1.00 bits per heavy atom. The van der Waals surface area contributed by atoms with Crippen molar-refractivity contribution < 1.29 is 0 Å². The van der Waals surface area contributed by atoms with Crippen LogP contribution in [0, 0.1) is 6.92 Å². The smallest absolute Gasteiger partial charge is 0.225 e. The zero-order chi connectivity index (χ0) is 17.4. The molecule has 0 saturated heterocycles. The fourth-order valence-corrected chi connectivity index (χ4v) is 3.47. The predicted molar refractivity (Wildman–Crippen MR) is 97.4 cm³/mol. The van der Waals surface area contributed by atoms with Gasteiger partial charge >= 0.3 is 0 Å². The predicted octanol–water partition coefficient (Wildman–Crippen LogP) is 3.19. The molecule has 128 valence electrons. The van der Waals surface area contributed by atoms with E-state index in [1.54, 1.807) is 12.4 Å². The highest BCUT2D eigenvalue weighted by atomic mass is 15.3. The molecule has 0 aromatic carbocycles. The van der Waals surface area contributed by atoms with Crippen molar-refractivity contribution in [3.8, 4) is 11.3 Å². The lowest BCUT2D eigenvalue weighted by Crippen LogP contribution is -2.35. The second-order valence-electron chi connectivity index (χ2n) is 6.67. The van der Waals surface area contributed by atoms with Gasteiger partial charge in [0.05, 0.1) is 23.6 Å². The summed E-state index contributed by atoms with van der Waals surface area (Å²) in [4.78, 5) is 20.5. The third-order valence-corrected chi connectivity index (χ3v) is 4.67. The topological polar surface area (TPSA) is 59.7 Å². The van der Waals surface area contributed by atoms with E-state index in [1.165, 1.54) is 5.69 Å². The Morgan fingerprint density at radius 3 is 2.52 bits per heavy atom. The number of anilines is 1. The van der Waals surface area contributed by atoms with Gasteiger partial charge in [0.2, 0.25) is 5.95 Å². The summed E-state index contributed by atoms with van der Waals surface area (Å²) >= 11 is 0. The van der Waals surface area contributed by atoms with Crippen LogP contribution >= 0.6 is 0 Å². The first-order valence-corrected chi connectivity index (χ1v) is 8.68. The van der Waals surface area contributed by atoms with E-state index in [2.05, 4.69) is 51.3 Å². The monoisotopic (exact) mass is 334 g/mol. The van der Waals surface area contributed by atoms with E-state index < -0.39 is 0 Å². The van der Waals surface area contributed by atoms with Crippen LogP contribution in [0.25, 0.3) is 11.3 Å². The van der Waals surface area contributed by atoms with Crippen LogP contribution in [0.4, 0.5) is 5.95 Å². The molecule has 4 rings (SSSR count). The second-order valence-corrected chi connectivity index (χ2v) is 6.67. The number of pyridine rings is 1. The minimum absolute atomic E-state index is 0.353. The number of hydrogen-bond donors (Lipinski definition) is 0. The molecule has 3 aromatic rings. The summed E-state index contributed by atoms with van der Waals surface area (Å²) in [7, 11) is 0. The quantitative estimate of drug-likeness (QED) is 0.736. The molecule has 0 radical (unpaired) electrons. The van der Waals surface area contributed by atoms with Gasteiger partial charge in [-0.1, -0.05) is 13.8 Å². The molecule has 4 heterocycles. The highest BCUT2D eigenvalue weighted by Crippen LogP contribution is 2.32. The van der Waals surface area contributed by atoms with Crippen molar-refractivity contribution in [2.75, 3.05) is 11.4 Å². The van der Waals surface area contributed by atoms with E-state index in [1.807, 2.05) is 18.3 Å². The molecule has 3 aromatic heterocycles. The van der Waals surface area contributed by atoms with Crippen LogP contribution in [0.5, 0.6) is 0 Å². The van der Waals surface area contributed by atoms with Gasteiger partial charge in [0, 0.05) is 37.2 Å². The van der Waals surface area contributed by atoms with E-state index in [0.29, 0.717) is 5.92 Å². The molecule has 0 atom stereocenters. The Morgan fingerprint density at radius 2 is 1.76 bits per heavy atom. The fraction of sp³-hybridized carbons (Fsp3) is 0.368. The number of nitrogens with zero attached hydrogens (tertiary/aromatic N) is 6. The highest BCUT2D eigenvalue weighted by molar-refractivity contribution is 5.66. The van der Waals surface area contributed by atoms with Crippen molar-refractivity contribution in [3.05, 3.63) is 54.0 Å². The third kappa shape index (κ3) is 2.77. The van der Waals surface area contributed by atoms with Crippen molar-refractivity contribution in [2.45, 2.75) is 39.8 Å². The van der Waals surface area contributed by atoms with Crippen LogP contribution in [-0.2, 0) is 13.1 Å². The highest BCUT2D eigenvalue weighted by Gasteiger charge is 2.26. The average molecular weight is 334 g/mol. The van der Waals surface area contributed by atoms with Gasteiger partial charge in [-0.25, -0.2) is 15.0 Å². The molecular weight excluding hydrogens is 312 g/mol. The van der Waals surface area contributed by atoms with E-state index in [0.717, 1.165) is 48.4 Å². The van der Waals surface area contributed by atoms with Gasteiger partial charge in [-0.3, -0.25) is 4.98 Å². The number of aromatic nitrogens is 5. The van der Waals surface area contributed by atoms with Crippen molar-refractivity contribution >= 4 is 5.95 Å². The summed E-state index contributed by atoms with van der Waals surface area (Å²) < 4.78 is 2.31. The van der Waals surface area contributed by atoms with Gasteiger partial charge in [-0.15, -0.1) is 0 Å². The lowest BCUT2D eigenvalue weighted by molar-refractivity contribution is 0.552. The van der Waals surface area contributed by atoms with Crippen LogP contribution in [0.1, 0.15) is 37.0 Å². The van der Waals surface area contributed by atoms with Crippen molar-refractivity contribution in [1.29, 1.82) is 0 Å². The molecule has 0 bridgehead atoms. The maximum Gasteiger partial charge on any atom is 0.225 e. The molecule has 6 heteroatoms. The summed E-state index contributed by atoms with van der Waals surface area (Å²) in [5, 5.41) is 0. The number of hydrogen-bond acceptors (Lipinski definition) is 5. The fourth-order valence-electron chi connectivity index (χ4n) is 3.47. The average Bonchev–Trinajstić information content (AvgIpc) is 2.98. The molecule has 0 aliphatic carbocycles. The van der Waals surface area contributed by atoms with E-state index in [-0.39, 0.29) is 0 Å². The molecule has 0 N–H and O–H groups in total. The molecule has 0 fully saturated rings. The molecule has 0 amide bonds. The van der Waals surface area contributed by atoms with Gasteiger partial charge < -0.3 is 9.47 Å². The Hall–Kier alpha value is -2.76. The zero-order valence-electron chi connectivity index (χ0n) is 14.8. The second kappa shape index (κ2) is 6.27. The summed E-state index contributed by atoms with van der Waals surface area (Å²) in [5.41, 5.74) is 4.47. The van der Waals surface area contributed by atoms with E-state index in [9.17, 15) is 0 Å². The van der Waals surface area contributed by atoms with Crippen LogP contribution in [-0.4, -0.2) is 31.0 Å². The first-order chi connectivity index (χ1) is 12.1. The van der Waals surface area contributed by atoms with Gasteiger partial charge in [0.1, 0.15) is 5.82 Å². The molecular formula is C19H22N6. The van der Waals surface area contributed by atoms with Crippen LogP contribution in [0.2, 0.25) is 0 Å². The Labute approximate surface area is 147 Å².